The van der Waals surface area contributed by atoms with Crippen molar-refractivity contribution in [3.05, 3.63) is 205 Å². The lowest BCUT2D eigenvalue weighted by atomic mass is 9.89. The Hall–Kier alpha value is -7.77. The molecule has 4 heterocycles. The Kier molecular flexibility index (Phi) is 9.05. The maximum absolute atomic E-state index is 9.82. The number of hydrogen-bond acceptors (Lipinski definition) is 11. The Labute approximate surface area is 393 Å². The van der Waals surface area contributed by atoms with Crippen molar-refractivity contribution < 1.29 is 0 Å². The molecule has 0 radical (unpaired) electrons. The normalized spacial score (nSPS) is 17.3. The van der Waals surface area contributed by atoms with Crippen LogP contribution in [0.3, 0.4) is 0 Å². The zero-order valence-electron chi connectivity index (χ0n) is 34.9. The van der Waals surface area contributed by atoms with Crippen LogP contribution in [-0.4, -0.2) is 39.5 Å². The molecule has 0 saturated carbocycles. The number of anilines is 4. The number of rotatable bonds is 7. The molecule has 0 amide bonds. The molecule has 3 aliphatic rings. The van der Waals surface area contributed by atoms with Crippen LogP contribution >= 0.6 is 36.3 Å². The molecular weight excluding hydrogens is 871 g/mol. The monoisotopic (exact) mass is 905 g/mol. The molecule has 12 heteroatoms. The van der Waals surface area contributed by atoms with Gasteiger partial charge in [-0.3, -0.25) is 5.41 Å². The first-order valence-electron chi connectivity index (χ1n) is 21.6. The highest BCUT2D eigenvalue weighted by Crippen LogP contribution is 2.50. The summed E-state index contributed by atoms with van der Waals surface area (Å²) in [6.45, 7) is 0. The standard InChI is InChI=1S/C54H35N9S3/c55-50-36(32-22-26-45-40(30-32)38-16-7-9-19-43(38)61(45)34-12-3-1-4-13-34)24-28-48(53(50)56-64)63(47-21-11-18-42-52(47)59-65-57-42)49-29-25-37(51-54(49)60-66-58-51)33-23-27-46-41(31-33)39-17-8-10-20-44(39)62(46)35-14-5-2-6-15-35/h1-31,39,44,55,64H/b55-50?,56-53-. The van der Waals surface area contributed by atoms with Crippen molar-refractivity contribution in [3.63, 3.8) is 0 Å². The number of hydrogen-bond donors (Lipinski definition) is 2. The summed E-state index contributed by atoms with van der Waals surface area (Å²) in [5.41, 5.74) is 16.6. The molecular formula is C54H35N9S3. The highest BCUT2D eigenvalue weighted by molar-refractivity contribution is 7.79. The minimum Gasteiger partial charge on any atom is -0.333 e. The summed E-state index contributed by atoms with van der Waals surface area (Å²) in [6, 6.07) is 53.1. The molecule has 10 aromatic rings. The van der Waals surface area contributed by atoms with E-state index in [9.17, 15) is 5.41 Å². The van der Waals surface area contributed by atoms with E-state index < -0.39 is 0 Å². The molecule has 0 spiro atoms. The predicted molar refractivity (Wildman–Crippen MR) is 277 cm³/mol. The molecule has 9 nitrogen and oxygen atoms in total. The summed E-state index contributed by atoms with van der Waals surface area (Å²) < 4.78 is 26.2. The molecule has 13 rings (SSSR count). The molecule has 1 N–H and O–H groups in total. The van der Waals surface area contributed by atoms with Gasteiger partial charge in [0.05, 0.1) is 63.3 Å². The summed E-state index contributed by atoms with van der Waals surface area (Å²) in [5, 5.41) is 12.1. The number of nitrogens with zero attached hydrogens (tertiary/aromatic N) is 8. The molecule has 2 aliphatic carbocycles. The Morgan fingerprint density at radius 3 is 2.20 bits per heavy atom. The summed E-state index contributed by atoms with van der Waals surface area (Å²) in [5.74, 6) is 0.207. The third-order valence-electron chi connectivity index (χ3n) is 13.0. The molecule has 314 valence electrons. The van der Waals surface area contributed by atoms with Gasteiger partial charge in [-0.25, -0.2) is 4.40 Å². The van der Waals surface area contributed by atoms with Crippen LogP contribution < -0.4 is 9.80 Å². The van der Waals surface area contributed by atoms with Gasteiger partial charge in [0.1, 0.15) is 27.8 Å². The topological polar surface area (TPSA) is 99.2 Å². The van der Waals surface area contributed by atoms with Crippen LogP contribution in [0.5, 0.6) is 0 Å². The van der Waals surface area contributed by atoms with Crippen LogP contribution in [-0.2, 0) is 0 Å². The van der Waals surface area contributed by atoms with Gasteiger partial charge < -0.3 is 14.4 Å². The molecule has 0 fully saturated rings. The fraction of sp³-hybridized carbons (Fsp3) is 0.0370. The van der Waals surface area contributed by atoms with E-state index in [1.54, 1.807) is 0 Å². The lowest BCUT2D eigenvalue weighted by Crippen LogP contribution is -2.30. The van der Waals surface area contributed by atoms with E-state index in [0.29, 0.717) is 11.4 Å². The van der Waals surface area contributed by atoms with Crippen molar-refractivity contribution in [2.75, 3.05) is 9.80 Å². The number of nitrogens with one attached hydrogen (secondary N) is 1. The molecule has 0 bridgehead atoms. The van der Waals surface area contributed by atoms with Crippen molar-refractivity contribution in [3.8, 4) is 16.8 Å². The SMILES string of the molecule is N=C1C(c2ccc3c(c2)c2ccccc2n3-c2ccccc2)=CC=C(N(c2cccc3nsnc23)c2ccc(-c3ccc4c(c3)C3C=CC=CC3N4c3ccccc3)c3nsnc23)/C1=N/S. The van der Waals surface area contributed by atoms with Gasteiger partial charge >= 0.3 is 0 Å². The van der Waals surface area contributed by atoms with Crippen LogP contribution in [0.1, 0.15) is 17.0 Å². The quantitative estimate of drug-likeness (QED) is 0.122. The Morgan fingerprint density at radius 2 is 1.33 bits per heavy atom. The maximum Gasteiger partial charge on any atom is 0.129 e. The van der Waals surface area contributed by atoms with Crippen LogP contribution in [0.15, 0.2) is 198 Å². The van der Waals surface area contributed by atoms with Gasteiger partial charge in [-0.05, 0) is 121 Å². The third kappa shape index (κ3) is 5.92. The fourth-order valence-electron chi connectivity index (χ4n) is 10.1. The van der Waals surface area contributed by atoms with E-state index in [-0.39, 0.29) is 17.7 Å². The number of aromatic nitrogens is 5. The summed E-state index contributed by atoms with van der Waals surface area (Å²) in [7, 11) is 0. The minimum absolute atomic E-state index is 0.187. The van der Waals surface area contributed by atoms with Gasteiger partial charge in [0.2, 0.25) is 0 Å². The second-order valence-corrected chi connectivity index (χ2v) is 17.7. The average molecular weight is 906 g/mol. The molecule has 1 aliphatic heterocycles. The van der Waals surface area contributed by atoms with Gasteiger partial charge in [0.25, 0.3) is 0 Å². The van der Waals surface area contributed by atoms with Crippen LogP contribution in [0.2, 0.25) is 0 Å². The van der Waals surface area contributed by atoms with Gasteiger partial charge in [-0.1, -0.05) is 97.1 Å². The zero-order valence-corrected chi connectivity index (χ0v) is 37.4. The minimum atomic E-state index is 0.187. The summed E-state index contributed by atoms with van der Waals surface area (Å²) in [6.07, 6.45) is 13.0. The number of fused-ring (bicyclic) bond motifs is 8. The Morgan fingerprint density at radius 1 is 0.606 bits per heavy atom. The number of benzene rings is 7. The second-order valence-electron chi connectivity index (χ2n) is 16.5. The third-order valence-corrected chi connectivity index (χ3v) is 14.3. The lowest BCUT2D eigenvalue weighted by Gasteiger charge is -2.31. The Bertz CT molecular complexity index is 3780. The van der Waals surface area contributed by atoms with E-state index in [1.807, 2.05) is 36.4 Å². The van der Waals surface area contributed by atoms with Gasteiger partial charge in [-0.2, -0.15) is 17.5 Å². The maximum atomic E-state index is 9.82. The molecule has 2 unspecified atom stereocenters. The van der Waals surface area contributed by atoms with Crippen molar-refractivity contribution in [2.45, 2.75) is 12.0 Å². The second kappa shape index (κ2) is 15.4. The number of thiol groups is 1. The first-order valence-corrected chi connectivity index (χ1v) is 23.4. The van der Waals surface area contributed by atoms with Gasteiger partial charge in [0.15, 0.2) is 0 Å². The molecule has 2 atom stereocenters. The number of allylic oxidation sites excluding steroid dienone is 6. The first-order chi connectivity index (χ1) is 32.6. The van der Waals surface area contributed by atoms with Crippen molar-refractivity contribution in [1.82, 2.24) is 22.1 Å². The zero-order chi connectivity index (χ0) is 43.9. The molecule has 66 heavy (non-hydrogen) atoms. The molecule has 3 aromatic heterocycles. The fourth-order valence-corrected chi connectivity index (χ4v) is 11.4. The van der Waals surface area contributed by atoms with E-state index >= 15 is 0 Å². The van der Waals surface area contributed by atoms with E-state index in [1.165, 1.54) is 40.4 Å². The van der Waals surface area contributed by atoms with Crippen LogP contribution in [0.25, 0.3) is 66.3 Å². The van der Waals surface area contributed by atoms with Crippen LogP contribution in [0.4, 0.5) is 22.7 Å². The Balaban J connectivity index is 0.949. The van der Waals surface area contributed by atoms with Gasteiger partial charge in [0, 0.05) is 44.9 Å². The summed E-state index contributed by atoms with van der Waals surface area (Å²) in [4.78, 5) is 4.53. The van der Waals surface area contributed by atoms with E-state index in [4.69, 9.17) is 13.1 Å². The molecule has 7 aromatic carbocycles. The molecule has 0 saturated heterocycles. The highest BCUT2D eigenvalue weighted by atomic mass is 32.1. The predicted octanol–water partition coefficient (Wildman–Crippen LogP) is 13.6. The van der Waals surface area contributed by atoms with E-state index in [2.05, 4.69) is 188 Å². The first kappa shape index (κ1) is 38.7. The van der Waals surface area contributed by atoms with Crippen molar-refractivity contribution in [1.29, 1.82) is 5.41 Å². The highest BCUT2D eigenvalue weighted by Gasteiger charge is 2.38. The van der Waals surface area contributed by atoms with Crippen molar-refractivity contribution >= 4 is 120 Å². The smallest absolute Gasteiger partial charge is 0.129 e. The lowest BCUT2D eigenvalue weighted by molar-refractivity contribution is 0.745. The largest absolute Gasteiger partial charge is 0.333 e. The number of para-hydroxylation sites is 3. The van der Waals surface area contributed by atoms with Gasteiger partial charge in [-0.15, -0.1) is 0 Å². The average Bonchev–Trinajstić information content (AvgIpc) is 4.19. The van der Waals surface area contributed by atoms with Crippen LogP contribution in [0, 0.1) is 5.41 Å². The summed E-state index contributed by atoms with van der Waals surface area (Å²) >= 11 is 6.93. The van der Waals surface area contributed by atoms with Crippen molar-refractivity contribution in [2.24, 2.45) is 4.40 Å². The van der Waals surface area contributed by atoms with E-state index in [0.717, 1.165) is 83.2 Å².